The van der Waals surface area contributed by atoms with Gasteiger partial charge in [-0.3, -0.25) is 14.9 Å². The molecular formula is C16H25N3O4. The number of nitro benzene ring substituents is 1. The topological polar surface area (TPSA) is 104 Å². The van der Waals surface area contributed by atoms with E-state index in [0.29, 0.717) is 18.0 Å². The number of amides is 1. The zero-order valence-corrected chi connectivity index (χ0v) is 13.8. The summed E-state index contributed by atoms with van der Waals surface area (Å²) in [5, 5.41) is 25.8. The Hall–Kier alpha value is -1.99. The Balaban J connectivity index is 2.55. The van der Waals surface area contributed by atoms with Crippen LogP contribution in [0.3, 0.4) is 0 Å². The van der Waals surface area contributed by atoms with Gasteiger partial charge < -0.3 is 15.7 Å². The number of hydrogen-bond acceptors (Lipinski definition) is 5. The van der Waals surface area contributed by atoms with Crippen LogP contribution in [0.4, 0.5) is 11.4 Å². The molecular weight excluding hydrogens is 298 g/mol. The number of nitrogens with one attached hydrogen (secondary N) is 2. The van der Waals surface area contributed by atoms with Gasteiger partial charge in [-0.05, 0) is 25.3 Å². The molecule has 1 amide bonds. The molecule has 7 nitrogen and oxygen atoms in total. The Labute approximate surface area is 136 Å². The lowest BCUT2D eigenvalue weighted by molar-refractivity contribution is -0.384. The van der Waals surface area contributed by atoms with Crippen molar-refractivity contribution in [1.82, 2.24) is 5.32 Å². The van der Waals surface area contributed by atoms with Crippen molar-refractivity contribution in [3.8, 4) is 0 Å². The summed E-state index contributed by atoms with van der Waals surface area (Å²) < 4.78 is 0. The molecule has 0 aliphatic rings. The van der Waals surface area contributed by atoms with Crippen LogP contribution in [0.2, 0.25) is 0 Å². The molecule has 2 atom stereocenters. The molecule has 1 aromatic carbocycles. The molecule has 1 rings (SSSR count). The van der Waals surface area contributed by atoms with Crippen LogP contribution in [0.1, 0.15) is 33.6 Å². The van der Waals surface area contributed by atoms with Crippen molar-refractivity contribution in [2.24, 2.45) is 5.92 Å². The number of carbonyl (C=O) groups is 1. The van der Waals surface area contributed by atoms with Gasteiger partial charge in [-0.2, -0.15) is 0 Å². The lowest BCUT2D eigenvalue weighted by Crippen LogP contribution is -2.42. The summed E-state index contributed by atoms with van der Waals surface area (Å²) in [6, 6.07) is 5.94. The highest BCUT2D eigenvalue weighted by molar-refractivity contribution is 5.91. The largest absolute Gasteiger partial charge is 0.396 e. The van der Waals surface area contributed by atoms with E-state index in [0.717, 1.165) is 0 Å². The first-order chi connectivity index (χ1) is 10.8. The van der Waals surface area contributed by atoms with E-state index in [4.69, 9.17) is 5.11 Å². The molecule has 0 saturated carbocycles. The Morgan fingerprint density at radius 1 is 1.35 bits per heavy atom. The SMILES string of the molecule is CC(CC(=O)Nc1cccc([N+](=O)[O-])c1)NC(CCO)C(C)C. The highest BCUT2D eigenvalue weighted by Crippen LogP contribution is 2.17. The molecule has 0 aromatic heterocycles. The number of carbonyl (C=O) groups excluding carboxylic acids is 1. The van der Waals surface area contributed by atoms with Crippen LogP contribution >= 0.6 is 0 Å². The van der Waals surface area contributed by atoms with Gasteiger partial charge in [0.1, 0.15) is 0 Å². The number of hydrogen-bond donors (Lipinski definition) is 3. The van der Waals surface area contributed by atoms with Gasteiger partial charge in [0, 0.05) is 42.9 Å². The standard InChI is InChI=1S/C16H25N3O4/c1-11(2)15(7-8-20)17-12(3)9-16(21)18-13-5-4-6-14(10-13)19(22)23/h4-6,10-12,15,17,20H,7-9H2,1-3H3,(H,18,21). The number of nitrogens with zero attached hydrogens (tertiary/aromatic N) is 1. The highest BCUT2D eigenvalue weighted by atomic mass is 16.6. The van der Waals surface area contributed by atoms with Gasteiger partial charge in [0.15, 0.2) is 0 Å². The third-order valence-electron chi connectivity index (χ3n) is 3.58. The van der Waals surface area contributed by atoms with E-state index in [2.05, 4.69) is 24.5 Å². The number of aliphatic hydroxyl groups excluding tert-OH is 1. The summed E-state index contributed by atoms with van der Waals surface area (Å²) in [6.07, 6.45) is 0.881. The van der Waals surface area contributed by atoms with E-state index in [9.17, 15) is 14.9 Å². The minimum absolute atomic E-state index is 0.0585. The number of nitro groups is 1. The third-order valence-corrected chi connectivity index (χ3v) is 3.58. The van der Waals surface area contributed by atoms with Crippen molar-refractivity contribution in [1.29, 1.82) is 0 Å². The predicted octanol–water partition coefficient (Wildman–Crippen LogP) is 2.31. The van der Waals surface area contributed by atoms with Crippen molar-refractivity contribution in [2.45, 2.75) is 45.7 Å². The molecule has 3 N–H and O–H groups in total. The Kier molecular flexibility index (Phi) is 7.64. The average molecular weight is 323 g/mol. The quantitative estimate of drug-likeness (QED) is 0.478. The molecule has 1 aromatic rings. The lowest BCUT2D eigenvalue weighted by atomic mass is 10.00. The molecule has 0 heterocycles. The van der Waals surface area contributed by atoms with Crippen molar-refractivity contribution >= 4 is 17.3 Å². The first-order valence-electron chi connectivity index (χ1n) is 7.74. The van der Waals surface area contributed by atoms with Crippen molar-refractivity contribution in [3.63, 3.8) is 0 Å². The maximum Gasteiger partial charge on any atom is 0.271 e. The first-order valence-corrected chi connectivity index (χ1v) is 7.74. The van der Waals surface area contributed by atoms with Gasteiger partial charge in [0.2, 0.25) is 5.91 Å². The van der Waals surface area contributed by atoms with Gasteiger partial charge >= 0.3 is 0 Å². The molecule has 0 aliphatic heterocycles. The summed E-state index contributed by atoms with van der Waals surface area (Å²) in [5.74, 6) is 0.140. The van der Waals surface area contributed by atoms with E-state index in [1.165, 1.54) is 18.2 Å². The van der Waals surface area contributed by atoms with Crippen LogP contribution in [0, 0.1) is 16.0 Å². The molecule has 0 bridgehead atoms. The fourth-order valence-corrected chi connectivity index (χ4v) is 2.36. The third kappa shape index (κ3) is 6.75. The fraction of sp³-hybridized carbons (Fsp3) is 0.562. The van der Waals surface area contributed by atoms with Crippen LogP contribution in [0.15, 0.2) is 24.3 Å². The monoisotopic (exact) mass is 323 g/mol. The second-order valence-electron chi connectivity index (χ2n) is 5.99. The van der Waals surface area contributed by atoms with Crippen molar-refractivity contribution in [2.75, 3.05) is 11.9 Å². The zero-order valence-electron chi connectivity index (χ0n) is 13.8. The van der Waals surface area contributed by atoms with Gasteiger partial charge in [0.25, 0.3) is 5.69 Å². The number of anilines is 1. The summed E-state index contributed by atoms with van der Waals surface area (Å²) in [7, 11) is 0. The van der Waals surface area contributed by atoms with Gasteiger partial charge in [-0.25, -0.2) is 0 Å². The number of rotatable bonds is 9. The lowest BCUT2D eigenvalue weighted by Gasteiger charge is -2.25. The van der Waals surface area contributed by atoms with E-state index < -0.39 is 4.92 Å². The molecule has 2 unspecified atom stereocenters. The highest BCUT2D eigenvalue weighted by Gasteiger charge is 2.17. The smallest absolute Gasteiger partial charge is 0.271 e. The van der Waals surface area contributed by atoms with Crippen LogP contribution < -0.4 is 10.6 Å². The van der Waals surface area contributed by atoms with Crippen LogP contribution in [0.25, 0.3) is 0 Å². The Morgan fingerprint density at radius 2 is 2.04 bits per heavy atom. The molecule has 0 spiro atoms. The second kappa shape index (κ2) is 9.22. The molecule has 0 saturated heterocycles. The summed E-state index contributed by atoms with van der Waals surface area (Å²) in [5.41, 5.74) is 0.351. The Bertz CT molecular complexity index is 534. The number of aliphatic hydroxyl groups is 1. The Morgan fingerprint density at radius 3 is 2.61 bits per heavy atom. The van der Waals surface area contributed by atoms with E-state index in [-0.39, 0.29) is 36.7 Å². The molecule has 23 heavy (non-hydrogen) atoms. The molecule has 0 fully saturated rings. The van der Waals surface area contributed by atoms with Crippen molar-refractivity contribution in [3.05, 3.63) is 34.4 Å². The first kappa shape index (κ1) is 19.1. The zero-order chi connectivity index (χ0) is 17.4. The van der Waals surface area contributed by atoms with Gasteiger partial charge in [-0.15, -0.1) is 0 Å². The minimum atomic E-state index is -0.498. The second-order valence-corrected chi connectivity index (χ2v) is 5.99. The fourth-order valence-electron chi connectivity index (χ4n) is 2.36. The molecule has 0 aliphatic carbocycles. The van der Waals surface area contributed by atoms with Gasteiger partial charge in [0.05, 0.1) is 4.92 Å². The molecule has 7 heteroatoms. The summed E-state index contributed by atoms with van der Waals surface area (Å²) in [4.78, 5) is 22.3. The van der Waals surface area contributed by atoms with E-state index in [1.54, 1.807) is 6.07 Å². The van der Waals surface area contributed by atoms with Crippen LogP contribution in [0.5, 0.6) is 0 Å². The average Bonchev–Trinajstić information content (AvgIpc) is 2.46. The van der Waals surface area contributed by atoms with E-state index in [1.807, 2.05) is 6.92 Å². The summed E-state index contributed by atoms with van der Waals surface area (Å²) >= 11 is 0. The minimum Gasteiger partial charge on any atom is -0.396 e. The maximum atomic E-state index is 12.0. The van der Waals surface area contributed by atoms with Crippen molar-refractivity contribution < 1.29 is 14.8 Å². The molecule has 128 valence electrons. The van der Waals surface area contributed by atoms with Gasteiger partial charge in [-0.1, -0.05) is 19.9 Å². The normalized spacial score (nSPS) is 13.6. The number of non-ortho nitro benzene ring substituents is 1. The molecule has 0 radical (unpaired) electrons. The number of benzene rings is 1. The van der Waals surface area contributed by atoms with Crippen LogP contribution in [-0.2, 0) is 4.79 Å². The van der Waals surface area contributed by atoms with E-state index >= 15 is 0 Å². The maximum absolute atomic E-state index is 12.0. The van der Waals surface area contributed by atoms with Crippen LogP contribution in [-0.4, -0.2) is 34.6 Å². The predicted molar refractivity (Wildman–Crippen MR) is 89.3 cm³/mol. The summed E-state index contributed by atoms with van der Waals surface area (Å²) in [6.45, 7) is 6.12.